The number of carbonyl (C=O) groups is 1. The Morgan fingerprint density at radius 2 is 1.36 bits per heavy atom. The highest BCUT2D eigenvalue weighted by Gasteiger charge is 2.32. The molecule has 0 spiro atoms. The van der Waals surface area contributed by atoms with Crippen molar-refractivity contribution in [1.29, 1.82) is 0 Å². The Bertz CT molecular complexity index is 613. The number of carbonyl (C=O) groups excluding carboxylic acids is 1. The Balaban J connectivity index is 2.34. The Hall–Kier alpha value is -2.09. The summed E-state index contributed by atoms with van der Waals surface area (Å²) in [4.78, 5) is 12.5. The number of hydrogen-bond acceptors (Lipinski definition) is 1. The molecule has 0 bridgehead atoms. The molecule has 0 aliphatic heterocycles. The fraction of sp³-hybridized carbons (Fsp3) is 0.350. The van der Waals surface area contributed by atoms with E-state index in [4.69, 9.17) is 0 Å². The zero-order valence-corrected chi connectivity index (χ0v) is 13.9. The van der Waals surface area contributed by atoms with E-state index in [1.807, 2.05) is 57.2 Å². The van der Waals surface area contributed by atoms with Gasteiger partial charge in [0.1, 0.15) is 0 Å². The molecule has 0 saturated heterocycles. The van der Waals surface area contributed by atoms with Crippen molar-refractivity contribution in [3.05, 3.63) is 71.8 Å². The van der Waals surface area contributed by atoms with Crippen LogP contribution in [0.3, 0.4) is 0 Å². The molecule has 116 valence electrons. The summed E-state index contributed by atoms with van der Waals surface area (Å²) < 4.78 is 0. The molecule has 2 aromatic carbocycles. The number of amides is 1. The molecule has 2 aromatic rings. The van der Waals surface area contributed by atoms with Crippen molar-refractivity contribution in [3.8, 4) is 0 Å². The van der Waals surface area contributed by atoms with Crippen LogP contribution in [0.4, 0.5) is 0 Å². The minimum absolute atomic E-state index is 0.0646. The van der Waals surface area contributed by atoms with Gasteiger partial charge in [0.05, 0.1) is 5.54 Å². The smallest absolute Gasteiger partial charge is 0.226 e. The number of nitrogens with one attached hydrogen (secondary N) is 1. The van der Waals surface area contributed by atoms with Crippen molar-refractivity contribution in [3.63, 3.8) is 0 Å². The maximum absolute atomic E-state index is 12.5. The van der Waals surface area contributed by atoms with Gasteiger partial charge < -0.3 is 5.32 Å². The van der Waals surface area contributed by atoms with Crippen LogP contribution in [0.25, 0.3) is 0 Å². The van der Waals surface area contributed by atoms with Crippen molar-refractivity contribution >= 4 is 5.91 Å². The topological polar surface area (TPSA) is 29.1 Å². The predicted molar refractivity (Wildman–Crippen MR) is 91.5 cm³/mol. The van der Waals surface area contributed by atoms with Crippen molar-refractivity contribution in [1.82, 2.24) is 5.32 Å². The average molecular weight is 295 g/mol. The van der Waals surface area contributed by atoms with Gasteiger partial charge in [-0.3, -0.25) is 4.79 Å². The minimum atomic E-state index is -0.424. The van der Waals surface area contributed by atoms with Crippen LogP contribution < -0.4 is 5.32 Å². The van der Waals surface area contributed by atoms with Crippen molar-refractivity contribution < 1.29 is 4.79 Å². The van der Waals surface area contributed by atoms with Gasteiger partial charge in [-0.05, 0) is 24.5 Å². The molecule has 1 unspecified atom stereocenters. The van der Waals surface area contributed by atoms with Gasteiger partial charge in [-0.25, -0.2) is 0 Å². The van der Waals surface area contributed by atoms with E-state index >= 15 is 0 Å². The van der Waals surface area contributed by atoms with Crippen LogP contribution in [0.2, 0.25) is 0 Å². The molecule has 1 atom stereocenters. The summed E-state index contributed by atoms with van der Waals surface area (Å²) in [7, 11) is 0. The molecule has 1 N–H and O–H groups in total. The van der Waals surface area contributed by atoms with Crippen LogP contribution >= 0.6 is 0 Å². The fourth-order valence-corrected chi connectivity index (χ4v) is 2.47. The summed E-state index contributed by atoms with van der Waals surface area (Å²) in [5.41, 5.74) is 1.50. The lowest BCUT2D eigenvalue weighted by Gasteiger charge is -2.34. The van der Waals surface area contributed by atoms with E-state index in [-0.39, 0.29) is 5.91 Å². The van der Waals surface area contributed by atoms with E-state index in [2.05, 4.69) is 36.5 Å². The maximum Gasteiger partial charge on any atom is 0.226 e. The lowest BCUT2D eigenvalue weighted by Crippen LogP contribution is -2.49. The normalized spacial score (nSPS) is 14.2. The second-order valence-electron chi connectivity index (χ2n) is 7.06. The summed E-state index contributed by atoms with van der Waals surface area (Å²) >= 11 is 0. The molecule has 2 rings (SSSR count). The molecule has 0 radical (unpaired) electrons. The molecule has 2 heteroatoms. The molecule has 2 nitrogen and oxygen atoms in total. The van der Waals surface area contributed by atoms with Crippen LogP contribution in [0.5, 0.6) is 0 Å². The van der Waals surface area contributed by atoms with Crippen LogP contribution in [0.15, 0.2) is 60.7 Å². The van der Waals surface area contributed by atoms with Crippen LogP contribution in [0, 0.1) is 5.41 Å². The zero-order chi connectivity index (χ0) is 16.2. The number of hydrogen-bond donors (Lipinski definition) is 1. The Morgan fingerprint density at radius 1 is 0.864 bits per heavy atom. The first-order valence-electron chi connectivity index (χ1n) is 7.73. The van der Waals surface area contributed by atoms with Gasteiger partial charge in [0.15, 0.2) is 0 Å². The summed E-state index contributed by atoms with van der Waals surface area (Å²) in [5.74, 6) is 0.0646. The summed E-state index contributed by atoms with van der Waals surface area (Å²) in [5, 5.41) is 3.26. The van der Waals surface area contributed by atoms with Gasteiger partial charge in [0.25, 0.3) is 0 Å². The van der Waals surface area contributed by atoms with Gasteiger partial charge in [0.2, 0.25) is 5.91 Å². The van der Waals surface area contributed by atoms with E-state index in [1.54, 1.807) is 0 Å². The third-order valence-electron chi connectivity index (χ3n) is 3.88. The van der Waals surface area contributed by atoms with Crippen molar-refractivity contribution in [2.45, 2.75) is 39.7 Å². The first kappa shape index (κ1) is 16.3. The molecular weight excluding hydrogens is 270 g/mol. The fourth-order valence-electron chi connectivity index (χ4n) is 2.47. The third kappa shape index (κ3) is 3.97. The van der Waals surface area contributed by atoms with Crippen LogP contribution in [-0.4, -0.2) is 5.91 Å². The predicted octanol–water partition coefficient (Wildman–Crippen LogP) is 4.31. The Kier molecular flexibility index (Phi) is 4.70. The minimum Gasteiger partial charge on any atom is -0.346 e. The second kappa shape index (κ2) is 6.35. The number of benzene rings is 2. The molecule has 0 heterocycles. The Morgan fingerprint density at radius 3 is 1.86 bits per heavy atom. The molecule has 0 aromatic heterocycles. The van der Waals surface area contributed by atoms with Gasteiger partial charge >= 0.3 is 0 Å². The van der Waals surface area contributed by atoms with E-state index in [9.17, 15) is 4.79 Å². The van der Waals surface area contributed by atoms with E-state index < -0.39 is 11.0 Å². The standard InChI is InChI=1S/C20H25NO/c1-19(2,3)18(22)21-20(4,17-13-9-6-10-14-17)15-16-11-7-5-8-12-16/h5-14H,15H2,1-4H3,(H,21,22). The van der Waals surface area contributed by atoms with Crippen LogP contribution in [0.1, 0.15) is 38.8 Å². The van der Waals surface area contributed by atoms with Gasteiger partial charge in [0, 0.05) is 5.41 Å². The van der Waals surface area contributed by atoms with E-state index in [0.717, 1.165) is 12.0 Å². The highest BCUT2D eigenvalue weighted by Crippen LogP contribution is 2.27. The van der Waals surface area contributed by atoms with Crippen LogP contribution in [-0.2, 0) is 16.8 Å². The third-order valence-corrected chi connectivity index (χ3v) is 3.88. The zero-order valence-electron chi connectivity index (χ0n) is 13.9. The molecule has 0 saturated carbocycles. The van der Waals surface area contributed by atoms with E-state index in [0.29, 0.717) is 0 Å². The monoisotopic (exact) mass is 295 g/mol. The van der Waals surface area contributed by atoms with Gasteiger partial charge in [-0.1, -0.05) is 81.4 Å². The highest BCUT2D eigenvalue weighted by atomic mass is 16.2. The quantitative estimate of drug-likeness (QED) is 0.895. The molecule has 1 amide bonds. The van der Waals surface area contributed by atoms with Crippen molar-refractivity contribution in [2.24, 2.45) is 5.41 Å². The van der Waals surface area contributed by atoms with Gasteiger partial charge in [-0.15, -0.1) is 0 Å². The van der Waals surface area contributed by atoms with E-state index in [1.165, 1.54) is 5.56 Å². The molecule has 0 fully saturated rings. The summed E-state index contributed by atoms with van der Waals surface area (Å²) in [6.45, 7) is 7.92. The first-order chi connectivity index (χ1) is 10.3. The molecule has 22 heavy (non-hydrogen) atoms. The van der Waals surface area contributed by atoms with Crippen molar-refractivity contribution in [2.75, 3.05) is 0 Å². The molecule has 0 aliphatic carbocycles. The molecule has 0 aliphatic rings. The lowest BCUT2D eigenvalue weighted by molar-refractivity contribution is -0.130. The lowest BCUT2D eigenvalue weighted by atomic mass is 9.83. The number of rotatable bonds is 4. The average Bonchev–Trinajstić information content (AvgIpc) is 2.48. The van der Waals surface area contributed by atoms with Gasteiger partial charge in [-0.2, -0.15) is 0 Å². The SMILES string of the molecule is CC(C)(C)C(=O)NC(C)(Cc1ccccc1)c1ccccc1. The first-order valence-corrected chi connectivity index (χ1v) is 7.73. The summed E-state index contributed by atoms with van der Waals surface area (Å²) in [6.07, 6.45) is 0.764. The molecular formula is C20H25NO. The maximum atomic E-state index is 12.5. The highest BCUT2D eigenvalue weighted by molar-refractivity contribution is 5.82. The summed E-state index contributed by atoms with van der Waals surface area (Å²) in [6, 6.07) is 20.5. The second-order valence-corrected chi connectivity index (χ2v) is 7.06. The Labute approximate surface area is 133 Å². The largest absolute Gasteiger partial charge is 0.346 e.